The van der Waals surface area contributed by atoms with Gasteiger partial charge in [0.15, 0.2) is 0 Å². The van der Waals surface area contributed by atoms with Gasteiger partial charge in [0.25, 0.3) is 0 Å². The summed E-state index contributed by atoms with van der Waals surface area (Å²) in [4.78, 5) is 2.80. The first-order valence-corrected chi connectivity index (χ1v) is 6.80. The molecule has 2 aliphatic heterocycles. The van der Waals surface area contributed by atoms with E-state index in [4.69, 9.17) is 0 Å². The largest absolute Gasteiger partial charge is 0.393 e. The van der Waals surface area contributed by atoms with Crippen molar-refractivity contribution in [3.63, 3.8) is 0 Å². The standard InChI is InChI=1S/C13H23NO/c15-13-8-11-6-7-12(9-13)14(11)10-4-2-1-3-5-10/h10-13,15H,1-9H2. The summed E-state index contributed by atoms with van der Waals surface area (Å²) >= 11 is 0. The van der Waals surface area contributed by atoms with Gasteiger partial charge in [0.1, 0.15) is 0 Å². The van der Waals surface area contributed by atoms with Crippen molar-refractivity contribution in [1.82, 2.24) is 4.90 Å². The first-order valence-electron chi connectivity index (χ1n) is 6.80. The molecule has 0 radical (unpaired) electrons. The fraction of sp³-hybridized carbons (Fsp3) is 1.00. The van der Waals surface area contributed by atoms with Crippen molar-refractivity contribution >= 4 is 0 Å². The van der Waals surface area contributed by atoms with Crippen LogP contribution in [0.2, 0.25) is 0 Å². The highest BCUT2D eigenvalue weighted by Gasteiger charge is 2.43. The molecule has 2 unspecified atom stereocenters. The van der Waals surface area contributed by atoms with Crippen molar-refractivity contribution in [2.75, 3.05) is 0 Å². The van der Waals surface area contributed by atoms with Gasteiger partial charge in [-0.1, -0.05) is 19.3 Å². The lowest BCUT2D eigenvalue weighted by Gasteiger charge is -2.43. The maximum absolute atomic E-state index is 9.78. The Balaban J connectivity index is 1.70. The molecule has 3 fully saturated rings. The zero-order chi connectivity index (χ0) is 10.3. The maximum atomic E-state index is 9.78. The summed E-state index contributed by atoms with van der Waals surface area (Å²) < 4.78 is 0. The average Bonchev–Trinajstić information content (AvgIpc) is 2.53. The highest BCUT2D eigenvalue weighted by molar-refractivity contribution is 4.98. The van der Waals surface area contributed by atoms with Crippen LogP contribution < -0.4 is 0 Å². The molecule has 1 aliphatic carbocycles. The van der Waals surface area contributed by atoms with E-state index < -0.39 is 0 Å². The number of aliphatic hydroxyl groups is 1. The summed E-state index contributed by atoms with van der Waals surface area (Å²) in [5.41, 5.74) is 0. The molecule has 2 atom stereocenters. The molecule has 0 aromatic carbocycles. The van der Waals surface area contributed by atoms with Gasteiger partial charge < -0.3 is 5.11 Å². The third-order valence-electron chi connectivity index (χ3n) is 4.76. The summed E-state index contributed by atoms with van der Waals surface area (Å²) in [6.45, 7) is 0. The molecule has 3 aliphatic rings. The maximum Gasteiger partial charge on any atom is 0.0570 e. The number of hydrogen-bond acceptors (Lipinski definition) is 2. The monoisotopic (exact) mass is 209 g/mol. The number of nitrogens with zero attached hydrogens (tertiary/aromatic N) is 1. The number of aliphatic hydroxyl groups excluding tert-OH is 1. The molecule has 0 amide bonds. The van der Waals surface area contributed by atoms with E-state index in [0.29, 0.717) is 0 Å². The van der Waals surface area contributed by atoms with Gasteiger partial charge in [-0.25, -0.2) is 0 Å². The Morgan fingerprint density at radius 2 is 1.33 bits per heavy atom. The van der Waals surface area contributed by atoms with Gasteiger partial charge in [-0.2, -0.15) is 0 Å². The smallest absolute Gasteiger partial charge is 0.0570 e. The van der Waals surface area contributed by atoms with Crippen molar-refractivity contribution < 1.29 is 5.11 Å². The zero-order valence-corrected chi connectivity index (χ0v) is 9.57. The van der Waals surface area contributed by atoms with Crippen LogP contribution in [-0.2, 0) is 0 Å². The van der Waals surface area contributed by atoms with Gasteiger partial charge in [-0.3, -0.25) is 4.90 Å². The Labute approximate surface area is 92.7 Å². The van der Waals surface area contributed by atoms with Gasteiger partial charge in [0, 0.05) is 18.1 Å². The molecule has 15 heavy (non-hydrogen) atoms. The molecule has 2 nitrogen and oxygen atoms in total. The Bertz CT molecular complexity index is 211. The zero-order valence-electron chi connectivity index (χ0n) is 9.57. The first kappa shape index (κ1) is 10.1. The normalized spacial score (nSPS) is 43.4. The molecule has 0 spiro atoms. The molecular formula is C13H23NO. The number of hydrogen-bond donors (Lipinski definition) is 1. The molecule has 1 N–H and O–H groups in total. The van der Waals surface area contributed by atoms with Crippen molar-refractivity contribution in [2.45, 2.75) is 82.0 Å². The van der Waals surface area contributed by atoms with Crippen LogP contribution in [0.3, 0.4) is 0 Å². The summed E-state index contributed by atoms with van der Waals surface area (Å²) in [7, 11) is 0. The van der Waals surface area contributed by atoms with Crippen molar-refractivity contribution in [3.05, 3.63) is 0 Å². The first-order chi connectivity index (χ1) is 7.34. The van der Waals surface area contributed by atoms with Crippen LogP contribution in [0.4, 0.5) is 0 Å². The second-order valence-corrected chi connectivity index (χ2v) is 5.75. The Morgan fingerprint density at radius 3 is 1.93 bits per heavy atom. The highest BCUT2D eigenvalue weighted by atomic mass is 16.3. The number of piperidine rings is 1. The summed E-state index contributed by atoms with van der Waals surface area (Å²) in [5, 5.41) is 9.78. The molecule has 2 bridgehead atoms. The molecule has 1 saturated carbocycles. The van der Waals surface area contributed by atoms with Gasteiger partial charge >= 0.3 is 0 Å². The molecule has 3 rings (SSSR count). The SMILES string of the molecule is OC1CC2CCC(C1)N2C1CCCCC1. The van der Waals surface area contributed by atoms with E-state index in [1.54, 1.807) is 0 Å². The second-order valence-electron chi connectivity index (χ2n) is 5.75. The van der Waals surface area contributed by atoms with Gasteiger partial charge in [-0.05, 0) is 38.5 Å². The predicted octanol–water partition coefficient (Wildman–Crippen LogP) is 2.31. The third-order valence-corrected chi connectivity index (χ3v) is 4.76. The minimum absolute atomic E-state index is 0.00217. The van der Waals surface area contributed by atoms with E-state index in [1.165, 1.54) is 44.9 Å². The van der Waals surface area contributed by atoms with Crippen LogP contribution in [0.1, 0.15) is 57.8 Å². The van der Waals surface area contributed by atoms with Crippen molar-refractivity contribution in [1.29, 1.82) is 0 Å². The molecular weight excluding hydrogens is 186 g/mol. The van der Waals surface area contributed by atoms with Crippen LogP contribution in [-0.4, -0.2) is 34.2 Å². The Morgan fingerprint density at radius 1 is 0.733 bits per heavy atom. The van der Waals surface area contributed by atoms with Gasteiger partial charge in [-0.15, -0.1) is 0 Å². The van der Waals surface area contributed by atoms with Crippen LogP contribution in [0.15, 0.2) is 0 Å². The predicted molar refractivity (Wildman–Crippen MR) is 60.8 cm³/mol. The lowest BCUT2D eigenvalue weighted by Crippen LogP contribution is -2.50. The quantitative estimate of drug-likeness (QED) is 0.716. The minimum atomic E-state index is 0.00217. The summed E-state index contributed by atoms with van der Waals surface area (Å²) in [6, 6.07) is 2.31. The van der Waals surface area contributed by atoms with Crippen molar-refractivity contribution in [2.24, 2.45) is 0 Å². The van der Waals surface area contributed by atoms with E-state index in [1.807, 2.05) is 0 Å². The van der Waals surface area contributed by atoms with E-state index in [-0.39, 0.29) is 6.10 Å². The molecule has 0 aromatic heterocycles. The molecule has 0 aromatic rings. The fourth-order valence-electron chi connectivity index (χ4n) is 4.16. The summed E-state index contributed by atoms with van der Waals surface area (Å²) in [5.74, 6) is 0. The molecule has 86 valence electrons. The lowest BCUT2D eigenvalue weighted by molar-refractivity contribution is 0.000838. The van der Waals surface area contributed by atoms with E-state index in [2.05, 4.69) is 4.90 Å². The third kappa shape index (κ3) is 1.83. The average molecular weight is 209 g/mol. The van der Waals surface area contributed by atoms with Gasteiger partial charge in [0.2, 0.25) is 0 Å². The van der Waals surface area contributed by atoms with Gasteiger partial charge in [0.05, 0.1) is 6.10 Å². The van der Waals surface area contributed by atoms with E-state index >= 15 is 0 Å². The van der Waals surface area contributed by atoms with Crippen molar-refractivity contribution in [3.8, 4) is 0 Å². The Kier molecular flexibility index (Phi) is 2.73. The van der Waals surface area contributed by atoms with E-state index in [0.717, 1.165) is 31.0 Å². The molecule has 2 heterocycles. The van der Waals surface area contributed by atoms with Crippen LogP contribution >= 0.6 is 0 Å². The molecule has 2 saturated heterocycles. The molecule has 2 heteroatoms. The van der Waals surface area contributed by atoms with Crippen LogP contribution in [0.25, 0.3) is 0 Å². The minimum Gasteiger partial charge on any atom is -0.393 e. The number of rotatable bonds is 1. The lowest BCUT2D eigenvalue weighted by atomic mass is 9.89. The van der Waals surface area contributed by atoms with E-state index in [9.17, 15) is 5.11 Å². The fourth-order valence-corrected chi connectivity index (χ4v) is 4.16. The van der Waals surface area contributed by atoms with Crippen LogP contribution in [0.5, 0.6) is 0 Å². The van der Waals surface area contributed by atoms with Crippen LogP contribution in [0, 0.1) is 0 Å². The summed E-state index contributed by atoms with van der Waals surface area (Å²) in [6.07, 6.45) is 11.9. The Hall–Kier alpha value is -0.0800. The second kappa shape index (κ2) is 4.06. The number of fused-ring (bicyclic) bond motifs is 2. The topological polar surface area (TPSA) is 23.5 Å². The highest BCUT2D eigenvalue weighted by Crippen LogP contribution is 2.40.